The highest BCUT2D eigenvalue weighted by atomic mass is 35.5. The molecule has 4 rings (SSSR count). The molecule has 26 heavy (non-hydrogen) atoms. The fraction of sp³-hybridized carbons (Fsp3) is 0.222. The number of hydrogen-bond donors (Lipinski definition) is 2. The molecule has 1 aromatic carbocycles. The lowest BCUT2D eigenvalue weighted by molar-refractivity contribution is 0.237. The molecule has 0 fully saturated rings. The van der Waals surface area contributed by atoms with E-state index < -0.39 is 5.82 Å². The third kappa shape index (κ3) is 3.25. The molecule has 0 amide bonds. The Morgan fingerprint density at radius 3 is 3.04 bits per heavy atom. The number of benzene rings is 1. The number of fused-ring (bicyclic) bond motifs is 1. The predicted molar refractivity (Wildman–Crippen MR) is 99.1 cm³/mol. The van der Waals surface area contributed by atoms with Gasteiger partial charge in [0, 0.05) is 30.8 Å². The quantitative estimate of drug-likeness (QED) is 0.716. The van der Waals surface area contributed by atoms with Crippen molar-refractivity contribution in [2.75, 3.05) is 6.54 Å². The second-order valence-corrected chi connectivity index (χ2v) is 7.53. The standard InChI is InChI=1S/C18H15ClFN3O2S/c19-13-7-11(20)6-10(16(13)24)8-23-4-3-12-14(9-23)21-17(22-18(12)25)15-2-1-5-26-15/h1-2,5-7,24H,3-4,8-9H2,(H,21,22,25). The molecular weight excluding hydrogens is 377 g/mol. The number of aromatic nitrogens is 2. The Kier molecular flexibility index (Phi) is 4.52. The summed E-state index contributed by atoms with van der Waals surface area (Å²) in [6, 6.07) is 6.17. The Morgan fingerprint density at radius 1 is 1.42 bits per heavy atom. The molecule has 3 heterocycles. The summed E-state index contributed by atoms with van der Waals surface area (Å²) in [5.74, 6) is -0.0472. The zero-order chi connectivity index (χ0) is 18.3. The van der Waals surface area contributed by atoms with E-state index in [4.69, 9.17) is 11.6 Å². The van der Waals surface area contributed by atoms with Crippen LogP contribution in [0.25, 0.3) is 10.7 Å². The van der Waals surface area contributed by atoms with Crippen LogP contribution in [-0.4, -0.2) is 26.5 Å². The summed E-state index contributed by atoms with van der Waals surface area (Å²) in [7, 11) is 0. The molecule has 0 unspecified atom stereocenters. The van der Waals surface area contributed by atoms with Crippen LogP contribution in [0.3, 0.4) is 0 Å². The van der Waals surface area contributed by atoms with Crippen LogP contribution in [0.1, 0.15) is 16.8 Å². The topological polar surface area (TPSA) is 69.2 Å². The van der Waals surface area contributed by atoms with Crippen LogP contribution >= 0.6 is 22.9 Å². The van der Waals surface area contributed by atoms with Gasteiger partial charge in [0.2, 0.25) is 0 Å². The van der Waals surface area contributed by atoms with E-state index in [0.29, 0.717) is 48.7 Å². The number of aromatic amines is 1. The van der Waals surface area contributed by atoms with Crippen LogP contribution < -0.4 is 5.56 Å². The molecule has 8 heteroatoms. The third-order valence-electron chi connectivity index (χ3n) is 4.41. The van der Waals surface area contributed by atoms with Gasteiger partial charge in [0.25, 0.3) is 5.56 Å². The summed E-state index contributed by atoms with van der Waals surface area (Å²) in [6.45, 7) is 1.39. The molecular formula is C18H15ClFN3O2S. The maximum absolute atomic E-state index is 13.6. The highest BCUT2D eigenvalue weighted by Gasteiger charge is 2.23. The van der Waals surface area contributed by atoms with Gasteiger partial charge in [-0.2, -0.15) is 0 Å². The number of phenols is 1. The maximum atomic E-state index is 13.6. The number of thiophene rings is 1. The Hall–Kier alpha value is -2.22. The van der Waals surface area contributed by atoms with E-state index in [1.165, 1.54) is 17.4 Å². The van der Waals surface area contributed by atoms with Gasteiger partial charge in [-0.05, 0) is 30.0 Å². The molecule has 0 saturated carbocycles. The number of phenolic OH excluding ortho intramolecular Hbond substituents is 1. The predicted octanol–water partition coefficient (Wildman–Crippen LogP) is 3.55. The molecule has 2 N–H and O–H groups in total. The van der Waals surface area contributed by atoms with E-state index in [-0.39, 0.29) is 16.3 Å². The van der Waals surface area contributed by atoms with Gasteiger partial charge in [-0.15, -0.1) is 11.3 Å². The van der Waals surface area contributed by atoms with Crippen molar-refractivity contribution in [1.29, 1.82) is 0 Å². The molecule has 5 nitrogen and oxygen atoms in total. The first-order valence-corrected chi connectivity index (χ1v) is 9.32. The fourth-order valence-corrected chi connectivity index (χ4v) is 4.03. The molecule has 0 spiro atoms. The number of hydrogen-bond acceptors (Lipinski definition) is 5. The highest BCUT2D eigenvalue weighted by Crippen LogP contribution is 2.30. The molecule has 0 bridgehead atoms. The van der Waals surface area contributed by atoms with E-state index in [1.54, 1.807) is 0 Å². The number of rotatable bonds is 3. The van der Waals surface area contributed by atoms with Crippen molar-refractivity contribution in [1.82, 2.24) is 14.9 Å². The van der Waals surface area contributed by atoms with Gasteiger partial charge in [-0.25, -0.2) is 9.37 Å². The summed E-state index contributed by atoms with van der Waals surface area (Å²) in [5, 5.41) is 12.0. The van der Waals surface area contributed by atoms with E-state index in [2.05, 4.69) is 9.97 Å². The molecule has 1 aliphatic heterocycles. The first-order valence-electron chi connectivity index (χ1n) is 8.06. The molecule has 0 aliphatic carbocycles. The lowest BCUT2D eigenvalue weighted by Gasteiger charge is -2.28. The van der Waals surface area contributed by atoms with Crippen LogP contribution in [0.15, 0.2) is 34.4 Å². The molecule has 2 aromatic heterocycles. The van der Waals surface area contributed by atoms with Gasteiger partial charge in [0.15, 0.2) is 5.82 Å². The van der Waals surface area contributed by atoms with Gasteiger partial charge >= 0.3 is 0 Å². The normalized spacial score (nSPS) is 14.4. The van der Waals surface area contributed by atoms with E-state index in [0.717, 1.165) is 10.9 Å². The monoisotopic (exact) mass is 391 g/mol. The highest BCUT2D eigenvalue weighted by molar-refractivity contribution is 7.13. The number of H-pyrrole nitrogens is 1. The molecule has 1 aliphatic rings. The second kappa shape index (κ2) is 6.83. The Morgan fingerprint density at radius 2 is 2.27 bits per heavy atom. The lowest BCUT2D eigenvalue weighted by atomic mass is 10.1. The van der Waals surface area contributed by atoms with Crippen molar-refractivity contribution in [3.8, 4) is 16.5 Å². The average molecular weight is 392 g/mol. The zero-order valence-electron chi connectivity index (χ0n) is 13.6. The first kappa shape index (κ1) is 17.2. The third-order valence-corrected chi connectivity index (χ3v) is 5.57. The van der Waals surface area contributed by atoms with Gasteiger partial charge in [0.05, 0.1) is 15.6 Å². The fourth-order valence-electron chi connectivity index (χ4n) is 3.14. The molecule has 134 valence electrons. The van der Waals surface area contributed by atoms with Crippen LogP contribution in [0.2, 0.25) is 5.02 Å². The Balaban J connectivity index is 1.63. The van der Waals surface area contributed by atoms with Gasteiger partial charge in [0.1, 0.15) is 11.6 Å². The lowest BCUT2D eigenvalue weighted by Crippen LogP contribution is -2.35. The van der Waals surface area contributed by atoms with E-state index >= 15 is 0 Å². The SMILES string of the molecule is O=c1[nH]c(-c2cccs2)nc2c1CCN(Cc1cc(F)cc(Cl)c1O)C2. The van der Waals surface area contributed by atoms with Gasteiger partial charge in [-0.1, -0.05) is 17.7 Å². The number of nitrogens with zero attached hydrogens (tertiary/aromatic N) is 2. The summed E-state index contributed by atoms with van der Waals surface area (Å²) < 4.78 is 13.6. The Bertz CT molecular complexity index is 1020. The Labute approximate surface area is 157 Å². The summed E-state index contributed by atoms with van der Waals surface area (Å²) in [4.78, 5) is 22.7. The van der Waals surface area contributed by atoms with Crippen molar-refractivity contribution >= 4 is 22.9 Å². The van der Waals surface area contributed by atoms with Crippen LogP contribution in [0.4, 0.5) is 4.39 Å². The second-order valence-electron chi connectivity index (χ2n) is 6.17. The molecule has 3 aromatic rings. The smallest absolute Gasteiger partial charge is 0.254 e. The van der Waals surface area contributed by atoms with Crippen LogP contribution in [-0.2, 0) is 19.5 Å². The van der Waals surface area contributed by atoms with E-state index in [9.17, 15) is 14.3 Å². The van der Waals surface area contributed by atoms with Gasteiger partial charge in [-0.3, -0.25) is 9.69 Å². The number of aromatic hydroxyl groups is 1. The van der Waals surface area contributed by atoms with Crippen molar-refractivity contribution in [2.45, 2.75) is 19.5 Å². The zero-order valence-corrected chi connectivity index (χ0v) is 15.2. The largest absolute Gasteiger partial charge is 0.506 e. The summed E-state index contributed by atoms with van der Waals surface area (Å²) >= 11 is 7.36. The van der Waals surface area contributed by atoms with Crippen LogP contribution in [0, 0.1) is 5.82 Å². The maximum Gasteiger partial charge on any atom is 0.254 e. The number of halogens is 2. The van der Waals surface area contributed by atoms with Crippen LogP contribution in [0.5, 0.6) is 5.75 Å². The molecule has 0 radical (unpaired) electrons. The van der Waals surface area contributed by atoms with E-state index in [1.807, 2.05) is 22.4 Å². The molecule has 0 saturated heterocycles. The minimum absolute atomic E-state index is 0.00744. The van der Waals surface area contributed by atoms with Crippen molar-refractivity contribution in [3.05, 3.63) is 67.7 Å². The minimum Gasteiger partial charge on any atom is -0.506 e. The minimum atomic E-state index is -0.491. The summed E-state index contributed by atoms with van der Waals surface area (Å²) in [6.07, 6.45) is 0.548. The number of nitrogens with one attached hydrogen (secondary N) is 1. The van der Waals surface area contributed by atoms with Gasteiger partial charge < -0.3 is 10.1 Å². The van der Waals surface area contributed by atoms with Crippen molar-refractivity contribution in [3.63, 3.8) is 0 Å². The molecule has 0 atom stereocenters. The average Bonchev–Trinajstić information content (AvgIpc) is 3.13. The summed E-state index contributed by atoms with van der Waals surface area (Å²) in [5.41, 5.74) is 1.70. The first-order chi connectivity index (χ1) is 12.5. The van der Waals surface area contributed by atoms with Crippen molar-refractivity contribution < 1.29 is 9.50 Å². The van der Waals surface area contributed by atoms with Crippen molar-refractivity contribution in [2.24, 2.45) is 0 Å².